The molecule has 2 rings (SSSR count). The molecule has 3 N–H and O–H groups in total. The summed E-state index contributed by atoms with van der Waals surface area (Å²) in [4.78, 5) is 23.8. The average Bonchev–Trinajstić information content (AvgIpc) is 2.48. The standard InChI is InChI=1S/C16H22N2O3/c1-16(7-9-17-10-8-16)15(21)18-13(14(19)20)11-12-5-3-2-4-6-12/h2-6,13,17H,7-11H2,1H3,(H,18,21)(H,19,20)/t13-/m0/s1. The lowest BCUT2D eigenvalue weighted by atomic mass is 9.80. The lowest BCUT2D eigenvalue weighted by molar-refractivity contribution is -0.144. The van der Waals surface area contributed by atoms with E-state index in [2.05, 4.69) is 10.6 Å². The van der Waals surface area contributed by atoms with E-state index in [0.717, 1.165) is 31.5 Å². The number of piperidine rings is 1. The SMILES string of the molecule is CC1(C(=O)N[C@@H](Cc2ccccc2)C(=O)O)CCNCC1. The van der Waals surface area contributed by atoms with Crippen molar-refractivity contribution in [2.24, 2.45) is 5.41 Å². The Morgan fingerprint density at radius 2 is 1.90 bits per heavy atom. The number of carboxylic acids is 1. The monoisotopic (exact) mass is 290 g/mol. The second kappa shape index (κ2) is 6.72. The molecule has 114 valence electrons. The summed E-state index contributed by atoms with van der Waals surface area (Å²) in [5, 5.41) is 15.3. The Bertz CT molecular complexity index is 496. The van der Waals surface area contributed by atoms with Crippen molar-refractivity contribution < 1.29 is 14.7 Å². The average molecular weight is 290 g/mol. The van der Waals surface area contributed by atoms with Crippen LogP contribution in [0.5, 0.6) is 0 Å². The fourth-order valence-electron chi connectivity index (χ4n) is 2.59. The fraction of sp³-hybridized carbons (Fsp3) is 0.500. The van der Waals surface area contributed by atoms with Crippen molar-refractivity contribution in [2.45, 2.75) is 32.2 Å². The maximum Gasteiger partial charge on any atom is 0.326 e. The van der Waals surface area contributed by atoms with Crippen LogP contribution < -0.4 is 10.6 Å². The molecule has 1 aliphatic heterocycles. The summed E-state index contributed by atoms with van der Waals surface area (Å²) in [6, 6.07) is 8.47. The number of nitrogens with one attached hydrogen (secondary N) is 2. The molecule has 0 radical (unpaired) electrons. The third-order valence-electron chi connectivity index (χ3n) is 4.14. The summed E-state index contributed by atoms with van der Waals surface area (Å²) in [5.74, 6) is -1.16. The van der Waals surface area contributed by atoms with Gasteiger partial charge < -0.3 is 15.7 Å². The lowest BCUT2D eigenvalue weighted by Crippen LogP contribution is -2.51. The third kappa shape index (κ3) is 4.04. The number of benzene rings is 1. The van der Waals surface area contributed by atoms with Crippen molar-refractivity contribution in [3.05, 3.63) is 35.9 Å². The van der Waals surface area contributed by atoms with Crippen molar-refractivity contribution in [1.82, 2.24) is 10.6 Å². The Balaban J connectivity index is 2.02. The van der Waals surface area contributed by atoms with Crippen molar-refractivity contribution in [2.75, 3.05) is 13.1 Å². The third-order valence-corrected chi connectivity index (χ3v) is 4.14. The quantitative estimate of drug-likeness (QED) is 0.761. The first kappa shape index (κ1) is 15.5. The minimum Gasteiger partial charge on any atom is -0.480 e. The van der Waals surface area contributed by atoms with E-state index in [-0.39, 0.29) is 5.91 Å². The van der Waals surface area contributed by atoms with Crippen LogP contribution in [0.25, 0.3) is 0 Å². The van der Waals surface area contributed by atoms with Crippen LogP contribution in [0.1, 0.15) is 25.3 Å². The smallest absolute Gasteiger partial charge is 0.326 e. The van der Waals surface area contributed by atoms with Crippen LogP contribution in [0.4, 0.5) is 0 Å². The molecule has 1 aliphatic rings. The number of hydrogen-bond donors (Lipinski definition) is 3. The first-order chi connectivity index (χ1) is 10.0. The summed E-state index contributed by atoms with van der Waals surface area (Å²) < 4.78 is 0. The highest BCUT2D eigenvalue weighted by atomic mass is 16.4. The molecule has 0 unspecified atom stereocenters. The number of amides is 1. The Hall–Kier alpha value is -1.88. The maximum absolute atomic E-state index is 12.4. The molecular weight excluding hydrogens is 268 g/mol. The molecule has 0 aliphatic carbocycles. The highest BCUT2D eigenvalue weighted by molar-refractivity contribution is 5.87. The molecule has 1 aromatic carbocycles. The minimum absolute atomic E-state index is 0.160. The van der Waals surface area contributed by atoms with Gasteiger partial charge in [-0.2, -0.15) is 0 Å². The summed E-state index contributed by atoms with van der Waals surface area (Å²) >= 11 is 0. The lowest BCUT2D eigenvalue weighted by Gasteiger charge is -2.33. The molecule has 1 aromatic rings. The highest BCUT2D eigenvalue weighted by Gasteiger charge is 2.36. The van der Waals surface area contributed by atoms with Crippen LogP contribution in [0.15, 0.2) is 30.3 Å². The molecule has 1 amide bonds. The minimum atomic E-state index is -0.996. The normalized spacial score (nSPS) is 18.7. The van der Waals surface area contributed by atoms with Crippen molar-refractivity contribution in [3.8, 4) is 0 Å². The van der Waals surface area contributed by atoms with Crippen LogP contribution in [-0.2, 0) is 16.0 Å². The maximum atomic E-state index is 12.4. The van der Waals surface area contributed by atoms with Crippen LogP contribution in [0.2, 0.25) is 0 Å². The zero-order chi connectivity index (χ0) is 15.3. The molecule has 1 heterocycles. The van der Waals surface area contributed by atoms with Crippen LogP contribution in [0, 0.1) is 5.41 Å². The van der Waals surface area contributed by atoms with E-state index in [9.17, 15) is 14.7 Å². The molecule has 0 saturated carbocycles. The second-order valence-corrected chi connectivity index (χ2v) is 5.86. The first-order valence-corrected chi connectivity index (χ1v) is 7.30. The summed E-state index contributed by atoms with van der Waals surface area (Å²) in [6.07, 6.45) is 1.77. The van der Waals surface area contributed by atoms with Gasteiger partial charge in [0.1, 0.15) is 6.04 Å². The van der Waals surface area contributed by atoms with Crippen LogP contribution in [-0.4, -0.2) is 36.1 Å². The van der Waals surface area contributed by atoms with Gasteiger partial charge in [0, 0.05) is 11.8 Å². The van der Waals surface area contributed by atoms with E-state index in [0.29, 0.717) is 6.42 Å². The Morgan fingerprint density at radius 3 is 2.48 bits per heavy atom. The van der Waals surface area contributed by atoms with E-state index in [1.165, 1.54) is 0 Å². The van der Waals surface area contributed by atoms with Crippen molar-refractivity contribution in [1.29, 1.82) is 0 Å². The van der Waals surface area contributed by atoms with E-state index < -0.39 is 17.4 Å². The van der Waals surface area contributed by atoms with E-state index in [4.69, 9.17) is 0 Å². The molecule has 0 bridgehead atoms. The summed E-state index contributed by atoms with van der Waals surface area (Å²) in [7, 11) is 0. The van der Waals surface area contributed by atoms with E-state index >= 15 is 0 Å². The van der Waals surface area contributed by atoms with Gasteiger partial charge in [0.05, 0.1) is 0 Å². The van der Waals surface area contributed by atoms with E-state index in [1.54, 1.807) is 0 Å². The van der Waals surface area contributed by atoms with Gasteiger partial charge in [-0.25, -0.2) is 4.79 Å². The largest absolute Gasteiger partial charge is 0.480 e. The number of rotatable bonds is 5. The molecule has 5 nitrogen and oxygen atoms in total. The fourth-order valence-corrected chi connectivity index (χ4v) is 2.59. The summed E-state index contributed by atoms with van der Waals surface area (Å²) in [6.45, 7) is 3.49. The molecular formula is C16H22N2O3. The number of hydrogen-bond acceptors (Lipinski definition) is 3. The van der Waals surface area contributed by atoms with Gasteiger partial charge in [-0.3, -0.25) is 4.79 Å². The van der Waals surface area contributed by atoms with Crippen LogP contribution in [0.3, 0.4) is 0 Å². The zero-order valence-electron chi connectivity index (χ0n) is 12.3. The van der Waals surface area contributed by atoms with Crippen LogP contribution >= 0.6 is 0 Å². The highest BCUT2D eigenvalue weighted by Crippen LogP contribution is 2.28. The molecule has 21 heavy (non-hydrogen) atoms. The number of carbonyl (C=O) groups is 2. The Kier molecular flexibility index (Phi) is 4.96. The number of carboxylic acid groups (broad SMARTS) is 1. The molecule has 0 spiro atoms. The number of aliphatic carboxylic acids is 1. The molecule has 1 atom stereocenters. The summed E-state index contributed by atoms with van der Waals surface area (Å²) in [5.41, 5.74) is 0.427. The van der Waals surface area contributed by atoms with E-state index in [1.807, 2.05) is 37.3 Å². The first-order valence-electron chi connectivity index (χ1n) is 7.30. The molecule has 0 aromatic heterocycles. The second-order valence-electron chi connectivity index (χ2n) is 5.86. The van der Waals surface area contributed by atoms with Crippen molar-refractivity contribution >= 4 is 11.9 Å². The van der Waals surface area contributed by atoms with Crippen molar-refractivity contribution in [3.63, 3.8) is 0 Å². The predicted octanol–water partition coefficient (Wildman–Crippen LogP) is 1.19. The predicted molar refractivity (Wildman–Crippen MR) is 79.9 cm³/mol. The molecule has 5 heteroatoms. The van der Waals surface area contributed by atoms with Gasteiger partial charge >= 0.3 is 5.97 Å². The van der Waals surface area contributed by atoms with Gasteiger partial charge in [0.25, 0.3) is 0 Å². The van der Waals surface area contributed by atoms with Gasteiger partial charge in [0.2, 0.25) is 5.91 Å². The van der Waals surface area contributed by atoms with Gasteiger partial charge in [-0.05, 0) is 31.5 Å². The molecule has 1 saturated heterocycles. The molecule has 1 fully saturated rings. The topological polar surface area (TPSA) is 78.4 Å². The van der Waals surface area contributed by atoms with Gasteiger partial charge in [-0.1, -0.05) is 37.3 Å². The van der Waals surface area contributed by atoms with Gasteiger partial charge in [-0.15, -0.1) is 0 Å². The Morgan fingerprint density at radius 1 is 1.29 bits per heavy atom. The van der Waals surface area contributed by atoms with Gasteiger partial charge in [0.15, 0.2) is 0 Å². The Labute approximate surface area is 124 Å². The number of carbonyl (C=O) groups excluding carboxylic acids is 1. The zero-order valence-corrected chi connectivity index (χ0v) is 12.3.